The van der Waals surface area contributed by atoms with Gasteiger partial charge in [-0.1, -0.05) is 119 Å². The molecule has 0 aliphatic heterocycles. The molecule has 0 saturated carbocycles. The fourth-order valence-corrected chi connectivity index (χ4v) is 3.86. The van der Waals surface area contributed by atoms with Crippen molar-refractivity contribution in [3.05, 3.63) is 102 Å². The first-order valence-electron chi connectivity index (χ1n) is 12.5. The zero-order valence-electron chi connectivity index (χ0n) is 21.6. The van der Waals surface area contributed by atoms with Crippen molar-refractivity contribution in [2.24, 2.45) is 5.92 Å². The standard InChI is InChI=1S/C31H32O.C2H6/c1-5-22(2)21-32-30-17-14-28(15-18-30)31-19-16-29(20-24(31)4)27-12-10-26(11-13-27)25-8-6-23(3)7-9-25;1-2/h6-20,22H,5,21H2,1-4H3;1-2H3/t22-;/m1./s1. The lowest BCUT2D eigenvalue weighted by molar-refractivity contribution is 0.256. The lowest BCUT2D eigenvalue weighted by Crippen LogP contribution is -2.06. The Bertz CT molecular complexity index is 1150. The molecule has 0 bridgehead atoms. The summed E-state index contributed by atoms with van der Waals surface area (Å²) >= 11 is 0. The SMILES string of the molecule is CC.CC[C@@H](C)COc1ccc(-c2ccc(-c3ccc(-c4ccc(C)cc4)cc3)cc2C)cc1. The highest BCUT2D eigenvalue weighted by molar-refractivity contribution is 5.75. The smallest absolute Gasteiger partial charge is 0.119 e. The number of aryl methyl sites for hydroxylation is 2. The van der Waals surface area contributed by atoms with Crippen molar-refractivity contribution in [2.75, 3.05) is 6.61 Å². The first kappa shape index (κ1) is 25.3. The molecular weight excluding hydrogens is 412 g/mol. The van der Waals surface area contributed by atoms with Gasteiger partial charge in [-0.3, -0.25) is 0 Å². The fraction of sp³-hybridized carbons (Fsp3) is 0.273. The largest absolute Gasteiger partial charge is 0.493 e. The predicted molar refractivity (Wildman–Crippen MR) is 149 cm³/mol. The molecule has 0 spiro atoms. The molecule has 0 unspecified atom stereocenters. The average molecular weight is 451 g/mol. The van der Waals surface area contributed by atoms with Gasteiger partial charge >= 0.3 is 0 Å². The van der Waals surface area contributed by atoms with Crippen molar-refractivity contribution in [3.63, 3.8) is 0 Å². The van der Waals surface area contributed by atoms with E-state index in [0.29, 0.717) is 5.92 Å². The van der Waals surface area contributed by atoms with Gasteiger partial charge in [-0.15, -0.1) is 0 Å². The van der Waals surface area contributed by atoms with Gasteiger partial charge in [-0.25, -0.2) is 0 Å². The van der Waals surface area contributed by atoms with Crippen LogP contribution in [0.25, 0.3) is 33.4 Å². The Labute approximate surface area is 206 Å². The van der Waals surface area contributed by atoms with Crippen LogP contribution in [0.15, 0.2) is 91.0 Å². The molecule has 0 fully saturated rings. The van der Waals surface area contributed by atoms with E-state index in [4.69, 9.17) is 4.74 Å². The Balaban J connectivity index is 0.00000158. The first-order valence-corrected chi connectivity index (χ1v) is 12.5. The van der Waals surface area contributed by atoms with Gasteiger partial charge in [-0.05, 0) is 70.8 Å². The van der Waals surface area contributed by atoms with Gasteiger partial charge in [0.05, 0.1) is 6.61 Å². The minimum absolute atomic E-state index is 0.579. The van der Waals surface area contributed by atoms with Crippen molar-refractivity contribution >= 4 is 0 Å². The molecule has 0 saturated heterocycles. The highest BCUT2D eigenvalue weighted by Gasteiger charge is 2.07. The summed E-state index contributed by atoms with van der Waals surface area (Å²) in [5, 5.41) is 0. The summed E-state index contributed by atoms with van der Waals surface area (Å²) in [6.45, 7) is 13.5. The second-order valence-electron chi connectivity index (χ2n) is 8.82. The lowest BCUT2D eigenvalue weighted by Gasteiger charge is -2.13. The van der Waals surface area contributed by atoms with E-state index in [1.165, 1.54) is 44.5 Å². The van der Waals surface area contributed by atoms with Crippen molar-refractivity contribution < 1.29 is 4.74 Å². The summed E-state index contributed by atoms with van der Waals surface area (Å²) in [7, 11) is 0. The van der Waals surface area contributed by atoms with Crippen LogP contribution in [0.3, 0.4) is 0 Å². The van der Waals surface area contributed by atoms with E-state index in [1.54, 1.807) is 0 Å². The fourth-order valence-electron chi connectivity index (χ4n) is 3.86. The van der Waals surface area contributed by atoms with E-state index in [2.05, 4.69) is 119 Å². The molecule has 34 heavy (non-hydrogen) atoms. The van der Waals surface area contributed by atoms with Crippen LogP contribution in [-0.4, -0.2) is 6.61 Å². The predicted octanol–water partition coefficient (Wildman–Crippen LogP) is 9.76. The third-order valence-corrected chi connectivity index (χ3v) is 6.23. The molecule has 0 heterocycles. The number of hydrogen-bond acceptors (Lipinski definition) is 1. The van der Waals surface area contributed by atoms with Crippen LogP contribution in [0.5, 0.6) is 5.75 Å². The Morgan fingerprint density at radius 3 is 1.62 bits per heavy atom. The van der Waals surface area contributed by atoms with Crippen molar-refractivity contribution in [1.29, 1.82) is 0 Å². The van der Waals surface area contributed by atoms with Crippen LogP contribution in [-0.2, 0) is 0 Å². The Morgan fingerprint density at radius 1 is 0.618 bits per heavy atom. The maximum absolute atomic E-state index is 5.90. The van der Waals surface area contributed by atoms with Crippen LogP contribution in [0, 0.1) is 19.8 Å². The van der Waals surface area contributed by atoms with E-state index in [-0.39, 0.29) is 0 Å². The molecule has 176 valence electrons. The van der Waals surface area contributed by atoms with E-state index < -0.39 is 0 Å². The third kappa shape index (κ3) is 6.38. The van der Waals surface area contributed by atoms with Crippen molar-refractivity contribution in [2.45, 2.75) is 48.0 Å². The summed E-state index contributed by atoms with van der Waals surface area (Å²) in [6, 6.07) is 32.7. The maximum Gasteiger partial charge on any atom is 0.119 e. The van der Waals surface area contributed by atoms with Crippen LogP contribution < -0.4 is 4.74 Å². The normalized spacial score (nSPS) is 11.4. The molecule has 0 N–H and O–H groups in total. The summed E-state index contributed by atoms with van der Waals surface area (Å²) < 4.78 is 5.90. The molecule has 1 nitrogen and oxygen atoms in total. The molecule has 4 aromatic rings. The summed E-state index contributed by atoms with van der Waals surface area (Å²) in [4.78, 5) is 0. The quantitative estimate of drug-likeness (QED) is 0.272. The van der Waals surface area contributed by atoms with Crippen LogP contribution in [0.1, 0.15) is 45.2 Å². The number of rotatable bonds is 7. The van der Waals surface area contributed by atoms with Gasteiger partial charge in [0.15, 0.2) is 0 Å². The van der Waals surface area contributed by atoms with E-state index in [0.717, 1.165) is 18.8 Å². The highest BCUT2D eigenvalue weighted by atomic mass is 16.5. The van der Waals surface area contributed by atoms with Crippen LogP contribution in [0.2, 0.25) is 0 Å². The van der Waals surface area contributed by atoms with Gasteiger partial charge in [0.25, 0.3) is 0 Å². The van der Waals surface area contributed by atoms with Crippen molar-refractivity contribution in [3.8, 4) is 39.1 Å². The minimum atomic E-state index is 0.579. The molecule has 0 aliphatic carbocycles. The third-order valence-electron chi connectivity index (χ3n) is 6.23. The molecule has 0 aromatic heterocycles. The van der Waals surface area contributed by atoms with Gasteiger partial charge in [0, 0.05) is 0 Å². The molecule has 0 aliphatic rings. The molecule has 4 rings (SSSR count). The monoisotopic (exact) mass is 450 g/mol. The summed E-state index contributed by atoms with van der Waals surface area (Å²) in [5.41, 5.74) is 10.0. The zero-order valence-corrected chi connectivity index (χ0v) is 21.6. The Kier molecular flexibility index (Phi) is 9.10. The van der Waals surface area contributed by atoms with Crippen LogP contribution in [0.4, 0.5) is 0 Å². The van der Waals surface area contributed by atoms with Gasteiger partial charge < -0.3 is 4.74 Å². The highest BCUT2D eigenvalue weighted by Crippen LogP contribution is 2.31. The average Bonchev–Trinajstić information content (AvgIpc) is 2.89. The van der Waals surface area contributed by atoms with Gasteiger partial charge in [0.2, 0.25) is 0 Å². The molecule has 4 aromatic carbocycles. The number of ether oxygens (including phenoxy) is 1. The molecule has 1 atom stereocenters. The molecule has 1 heteroatoms. The molecule has 0 amide bonds. The van der Waals surface area contributed by atoms with Crippen LogP contribution >= 0.6 is 0 Å². The van der Waals surface area contributed by atoms with Gasteiger partial charge in [-0.2, -0.15) is 0 Å². The maximum atomic E-state index is 5.90. The van der Waals surface area contributed by atoms with E-state index in [1.807, 2.05) is 13.8 Å². The van der Waals surface area contributed by atoms with Gasteiger partial charge in [0.1, 0.15) is 5.75 Å². The topological polar surface area (TPSA) is 9.23 Å². The minimum Gasteiger partial charge on any atom is -0.493 e. The molecular formula is C33H38O. The zero-order chi connectivity index (χ0) is 24.5. The van der Waals surface area contributed by atoms with Crippen molar-refractivity contribution in [1.82, 2.24) is 0 Å². The molecule has 0 radical (unpaired) electrons. The number of hydrogen-bond donors (Lipinski definition) is 0. The second-order valence-corrected chi connectivity index (χ2v) is 8.82. The number of benzene rings is 4. The van der Waals surface area contributed by atoms with E-state index in [9.17, 15) is 0 Å². The summed E-state index contributed by atoms with van der Waals surface area (Å²) in [6.07, 6.45) is 1.14. The second kappa shape index (κ2) is 12.2. The van der Waals surface area contributed by atoms with E-state index >= 15 is 0 Å². The Morgan fingerprint density at radius 2 is 1.09 bits per heavy atom. The Hall–Kier alpha value is -3.32. The summed E-state index contributed by atoms with van der Waals surface area (Å²) in [5.74, 6) is 1.52. The first-order chi connectivity index (χ1) is 16.5. The lowest BCUT2D eigenvalue weighted by atomic mass is 9.94.